The van der Waals surface area contributed by atoms with Gasteiger partial charge in [0, 0.05) is 25.4 Å². The monoisotopic (exact) mass is 251 g/mol. The molecule has 1 aromatic heterocycles. The van der Waals surface area contributed by atoms with Gasteiger partial charge in [-0.05, 0) is 25.0 Å². The van der Waals surface area contributed by atoms with E-state index in [9.17, 15) is 4.79 Å². The van der Waals surface area contributed by atoms with Gasteiger partial charge in [0.15, 0.2) is 0 Å². The van der Waals surface area contributed by atoms with E-state index in [4.69, 9.17) is 9.94 Å². The van der Waals surface area contributed by atoms with Crippen molar-refractivity contribution < 1.29 is 14.7 Å². The van der Waals surface area contributed by atoms with Crippen molar-refractivity contribution in [2.45, 2.75) is 19.4 Å². The van der Waals surface area contributed by atoms with Crippen LogP contribution >= 0.6 is 0 Å². The van der Waals surface area contributed by atoms with Crippen molar-refractivity contribution in [1.82, 2.24) is 15.8 Å². The van der Waals surface area contributed by atoms with Gasteiger partial charge in [-0.3, -0.25) is 10.0 Å². The Bertz CT molecular complexity index is 425. The summed E-state index contributed by atoms with van der Waals surface area (Å²) in [5.74, 6) is -0.0987. The number of nitrogens with zero attached hydrogens (tertiary/aromatic N) is 1. The van der Waals surface area contributed by atoms with E-state index in [0.29, 0.717) is 25.4 Å². The fourth-order valence-corrected chi connectivity index (χ4v) is 2.03. The Morgan fingerprint density at radius 2 is 2.44 bits per heavy atom. The highest BCUT2D eigenvalue weighted by Gasteiger charge is 2.28. The normalized spacial score (nSPS) is 23.4. The minimum atomic E-state index is -0.381. The number of carbonyl (C=O) groups excluding carboxylic acids is 1. The predicted molar refractivity (Wildman–Crippen MR) is 64.3 cm³/mol. The van der Waals surface area contributed by atoms with Gasteiger partial charge in [-0.1, -0.05) is 0 Å². The molecule has 0 spiro atoms. The summed E-state index contributed by atoms with van der Waals surface area (Å²) < 4.78 is 5.73. The third-order valence-electron chi connectivity index (χ3n) is 2.97. The van der Waals surface area contributed by atoms with Gasteiger partial charge in [-0.25, -0.2) is 10.5 Å². The van der Waals surface area contributed by atoms with Crippen LogP contribution in [0.2, 0.25) is 0 Å². The average molecular weight is 251 g/mol. The predicted octanol–water partition coefficient (Wildman–Crippen LogP) is 0.252. The zero-order chi connectivity index (χ0) is 13.0. The number of carbonyl (C=O) groups is 1. The largest absolute Gasteiger partial charge is 0.473 e. The first-order chi connectivity index (χ1) is 8.69. The van der Waals surface area contributed by atoms with Gasteiger partial charge in [0.05, 0.1) is 5.92 Å². The molecule has 2 unspecified atom stereocenters. The lowest BCUT2D eigenvalue weighted by Gasteiger charge is -2.28. The summed E-state index contributed by atoms with van der Waals surface area (Å²) >= 11 is 0. The van der Waals surface area contributed by atoms with Crippen molar-refractivity contribution in [2.24, 2.45) is 5.92 Å². The Morgan fingerprint density at radius 3 is 3.17 bits per heavy atom. The van der Waals surface area contributed by atoms with E-state index in [2.05, 4.69) is 10.3 Å². The molecule has 2 heterocycles. The summed E-state index contributed by atoms with van der Waals surface area (Å²) in [6.45, 7) is 3.19. The van der Waals surface area contributed by atoms with Crippen LogP contribution in [0, 0.1) is 12.8 Å². The Labute approximate surface area is 105 Å². The second-order valence-corrected chi connectivity index (χ2v) is 4.48. The number of nitrogens with one attached hydrogen (secondary N) is 2. The topological polar surface area (TPSA) is 83.5 Å². The fourth-order valence-electron chi connectivity index (χ4n) is 2.03. The van der Waals surface area contributed by atoms with Crippen LogP contribution in [0.4, 0.5) is 0 Å². The van der Waals surface area contributed by atoms with Crippen LogP contribution in [0.3, 0.4) is 0 Å². The molecule has 1 aliphatic rings. The number of aryl methyl sites for hydroxylation is 1. The zero-order valence-corrected chi connectivity index (χ0v) is 10.2. The number of amides is 1. The van der Waals surface area contributed by atoms with E-state index in [1.54, 1.807) is 11.7 Å². The third-order valence-corrected chi connectivity index (χ3v) is 2.97. The van der Waals surface area contributed by atoms with Gasteiger partial charge in [0.1, 0.15) is 6.10 Å². The first-order valence-electron chi connectivity index (χ1n) is 5.93. The zero-order valence-electron chi connectivity index (χ0n) is 10.2. The summed E-state index contributed by atoms with van der Waals surface area (Å²) in [5, 5.41) is 11.7. The Hall–Kier alpha value is -1.66. The van der Waals surface area contributed by atoms with Crippen molar-refractivity contribution in [2.75, 3.05) is 13.1 Å². The number of ether oxygens (including phenoxy) is 1. The van der Waals surface area contributed by atoms with Gasteiger partial charge in [-0.15, -0.1) is 0 Å². The van der Waals surface area contributed by atoms with E-state index in [-0.39, 0.29) is 17.9 Å². The summed E-state index contributed by atoms with van der Waals surface area (Å²) in [5.41, 5.74) is 2.76. The average Bonchev–Trinajstić information content (AvgIpc) is 2.38. The Kier molecular flexibility index (Phi) is 4.11. The first-order valence-corrected chi connectivity index (χ1v) is 5.93. The first kappa shape index (κ1) is 12.8. The maximum Gasteiger partial charge on any atom is 0.247 e. The maximum atomic E-state index is 11.3. The fraction of sp³-hybridized carbons (Fsp3) is 0.500. The van der Waals surface area contributed by atoms with E-state index in [0.717, 1.165) is 5.56 Å². The summed E-state index contributed by atoms with van der Waals surface area (Å²) in [4.78, 5) is 15.5. The van der Waals surface area contributed by atoms with Gasteiger partial charge < -0.3 is 10.1 Å². The molecule has 2 rings (SSSR count). The molecule has 2 atom stereocenters. The molecular formula is C12H17N3O3. The highest BCUT2D eigenvalue weighted by molar-refractivity contribution is 5.77. The van der Waals surface area contributed by atoms with Crippen LogP contribution in [0.1, 0.15) is 12.0 Å². The molecule has 98 valence electrons. The van der Waals surface area contributed by atoms with Crippen molar-refractivity contribution in [3.63, 3.8) is 0 Å². The van der Waals surface area contributed by atoms with E-state index in [1.807, 2.05) is 19.1 Å². The molecule has 0 bridgehead atoms. The van der Waals surface area contributed by atoms with Crippen molar-refractivity contribution >= 4 is 5.91 Å². The summed E-state index contributed by atoms with van der Waals surface area (Å²) in [7, 11) is 0. The number of hydroxylamine groups is 1. The van der Waals surface area contributed by atoms with E-state index >= 15 is 0 Å². The van der Waals surface area contributed by atoms with Crippen LogP contribution < -0.4 is 15.5 Å². The minimum absolute atomic E-state index is 0.115. The van der Waals surface area contributed by atoms with Crippen molar-refractivity contribution in [3.8, 4) is 5.88 Å². The molecule has 6 heteroatoms. The second-order valence-electron chi connectivity index (χ2n) is 4.48. The second kappa shape index (κ2) is 5.79. The molecule has 6 nitrogen and oxygen atoms in total. The van der Waals surface area contributed by atoms with Crippen LogP contribution in [0.5, 0.6) is 5.88 Å². The molecule has 18 heavy (non-hydrogen) atoms. The van der Waals surface area contributed by atoms with Crippen LogP contribution in [0.15, 0.2) is 18.3 Å². The maximum absolute atomic E-state index is 11.3. The highest BCUT2D eigenvalue weighted by atomic mass is 16.5. The lowest BCUT2D eigenvalue weighted by Crippen LogP contribution is -2.47. The number of hydrogen-bond donors (Lipinski definition) is 3. The van der Waals surface area contributed by atoms with Crippen LogP contribution in [0.25, 0.3) is 0 Å². The molecule has 1 amide bonds. The van der Waals surface area contributed by atoms with E-state index in [1.165, 1.54) is 0 Å². The molecule has 0 radical (unpaired) electrons. The van der Waals surface area contributed by atoms with Gasteiger partial charge in [-0.2, -0.15) is 0 Å². The molecule has 0 aromatic carbocycles. The molecule has 0 saturated carbocycles. The number of rotatable bonds is 3. The summed E-state index contributed by atoms with van der Waals surface area (Å²) in [6, 6.07) is 3.75. The van der Waals surface area contributed by atoms with Crippen LogP contribution in [-0.4, -0.2) is 35.3 Å². The molecule has 3 N–H and O–H groups in total. The molecule has 1 aromatic rings. The van der Waals surface area contributed by atoms with Crippen molar-refractivity contribution in [1.29, 1.82) is 0 Å². The highest BCUT2D eigenvalue weighted by Crippen LogP contribution is 2.17. The molecule has 1 aliphatic heterocycles. The molecule has 1 saturated heterocycles. The Morgan fingerprint density at radius 1 is 1.61 bits per heavy atom. The quantitative estimate of drug-likeness (QED) is 0.530. The number of pyridine rings is 1. The number of hydrogen-bond acceptors (Lipinski definition) is 5. The molecule has 0 aliphatic carbocycles. The third kappa shape index (κ3) is 3.18. The van der Waals surface area contributed by atoms with Crippen LogP contribution in [-0.2, 0) is 4.79 Å². The number of aromatic nitrogens is 1. The minimum Gasteiger partial charge on any atom is -0.473 e. The van der Waals surface area contributed by atoms with Gasteiger partial charge >= 0.3 is 0 Å². The molecular weight excluding hydrogens is 234 g/mol. The lowest BCUT2D eigenvalue weighted by molar-refractivity contribution is -0.134. The molecule has 1 fully saturated rings. The number of piperidine rings is 1. The Balaban J connectivity index is 1.95. The van der Waals surface area contributed by atoms with E-state index < -0.39 is 0 Å². The van der Waals surface area contributed by atoms with Crippen molar-refractivity contribution in [3.05, 3.63) is 23.9 Å². The van der Waals surface area contributed by atoms with Gasteiger partial charge in [0.2, 0.25) is 11.8 Å². The lowest BCUT2D eigenvalue weighted by atomic mass is 9.97. The SMILES string of the molecule is Cc1ccnc(OC2CNCC(C(=O)NO)C2)c1. The standard InChI is InChI=1S/C12H17N3O3/c1-8-2-3-14-11(4-8)18-10-5-9(6-13-7-10)12(16)15-17/h2-4,9-10,13,17H,5-7H2,1H3,(H,15,16). The smallest absolute Gasteiger partial charge is 0.247 e. The van der Waals surface area contributed by atoms with Gasteiger partial charge in [0.25, 0.3) is 0 Å². The summed E-state index contributed by atoms with van der Waals surface area (Å²) in [6.07, 6.45) is 2.14.